The molecule has 1 fully saturated rings. The Labute approximate surface area is 135 Å². The summed E-state index contributed by atoms with van der Waals surface area (Å²) in [4.78, 5) is 12.2. The molecule has 0 saturated heterocycles. The molecule has 9 heteroatoms. The second-order valence-corrected chi connectivity index (χ2v) is 5.90. The van der Waals surface area contributed by atoms with Gasteiger partial charge in [0.1, 0.15) is 0 Å². The number of rotatable bonds is 3. The highest BCUT2D eigenvalue weighted by Gasteiger charge is 2.43. The second kappa shape index (κ2) is 6.58. The molecule has 1 saturated carbocycles. The number of halogens is 3. The highest BCUT2D eigenvalue weighted by atomic mass is 19.4. The van der Waals surface area contributed by atoms with Crippen LogP contribution in [-0.4, -0.2) is 32.7 Å². The van der Waals surface area contributed by atoms with Crippen molar-refractivity contribution in [3.63, 3.8) is 0 Å². The highest BCUT2D eigenvalue weighted by molar-refractivity contribution is 5.92. The average Bonchev–Trinajstić information content (AvgIpc) is 3.09. The first-order chi connectivity index (χ1) is 11.4. The van der Waals surface area contributed by atoms with Crippen molar-refractivity contribution in [1.82, 2.24) is 20.6 Å². The molecule has 128 valence electrons. The van der Waals surface area contributed by atoms with Crippen LogP contribution < -0.4 is 5.32 Å². The number of nitrogens with one attached hydrogen (secondary N) is 2. The number of nitrogens with zero attached hydrogens (tertiary/aromatic N) is 3. The standard InChI is InChI=1S/C15H16F3N5O/c16-15(17,18)11-3-1-2-10(8-11)14(24)19-12-6-4-9(5-7-12)13-20-22-23-21-13/h4-7,10-11H,1-3,8H2,(H,19,24)(H,20,21,22,23)/t10-,11-/m0/s1. The molecule has 2 atom stereocenters. The fourth-order valence-electron chi connectivity index (χ4n) is 2.96. The monoisotopic (exact) mass is 339 g/mol. The van der Waals surface area contributed by atoms with E-state index in [0.29, 0.717) is 24.4 Å². The minimum absolute atomic E-state index is 0.104. The third-order valence-corrected chi connectivity index (χ3v) is 4.26. The number of anilines is 1. The van der Waals surface area contributed by atoms with Gasteiger partial charge < -0.3 is 5.32 Å². The number of amides is 1. The molecule has 1 aromatic heterocycles. The smallest absolute Gasteiger partial charge is 0.326 e. The van der Waals surface area contributed by atoms with Gasteiger partial charge in [0.25, 0.3) is 0 Å². The van der Waals surface area contributed by atoms with Gasteiger partial charge >= 0.3 is 6.18 Å². The summed E-state index contributed by atoms with van der Waals surface area (Å²) in [6, 6.07) is 6.74. The zero-order chi connectivity index (χ0) is 17.2. The summed E-state index contributed by atoms with van der Waals surface area (Å²) in [6.45, 7) is 0. The van der Waals surface area contributed by atoms with Crippen molar-refractivity contribution in [1.29, 1.82) is 0 Å². The molecule has 24 heavy (non-hydrogen) atoms. The zero-order valence-corrected chi connectivity index (χ0v) is 12.7. The topological polar surface area (TPSA) is 83.6 Å². The normalized spacial score (nSPS) is 21.5. The SMILES string of the molecule is O=C(Nc1ccc(-c2nn[nH]n2)cc1)[C@H]1CCC[C@H](C(F)(F)F)C1. The van der Waals surface area contributed by atoms with E-state index in [-0.39, 0.29) is 18.7 Å². The molecule has 0 unspecified atom stereocenters. The van der Waals surface area contributed by atoms with Crippen LogP contribution >= 0.6 is 0 Å². The van der Waals surface area contributed by atoms with Crippen LogP contribution in [0.2, 0.25) is 0 Å². The molecule has 3 rings (SSSR count). The number of alkyl halides is 3. The Kier molecular flexibility index (Phi) is 4.50. The Morgan fingerprint density at radius 3 is 2.58 bits per heavy atom. The first-order valence-corrected chi connectivity index (χ1v) is 7.65. The van der Waals surface area contributed by atoms with Gasteiger partial charge in [0.05, 0.1) is 5.92 Å². The summed E-state index contributed by atoms with van der Waals surface area (Å²) in [7, 11) is 0. The molecule has 6 nitrogen and oxygen atoms in total. The van der Waals surface area contributed by atoms with Crippen molar-refractivity contribution in [2.75, 3.05) is 5.32 Å². The molecule has 1 heterocycles. The van der Waals surface area contributed by atoms with E-state index < -0.39 is 18.0 Å². The Morgan fingerprint density at radius 2 is 1.96 bits per heavy atom. The zero-order valence-electron chi connectivity index (χ0n) is 12.7. The van der Waals surface area contributed by atoms with E-state index in [1.165, 1.54) is 0 Å². The number of hydrogen-bond acceptors (Lipinski definition) is 4. The van der Waals surface area contributed by atoms with Gasteiger partial charge in [0.2, 0.25) is 11.7 Å². The lowest BCUT2D eigenvalue weighted by atomic mass is 9.80. The predicted octanol–water partition coefficient (Wildman–Crippen LogP) is 3.17. The van der Waals surface area contributed by atoms with Crippen LogP contribution in [0, 0.1) is 11.8 Å². The Morgan fingerprint density at radius 1 is 1.21 bits per heavy atom. The maximum Gasteiger partial charge on any atom is 0.391 e. The van der Waals surface area contributed by atoms with E-state index in [1.807, 2.05) is 0 Å². The summed E-state index contributed by atoms with van der Waals surface area (Å²) in [5.41, 5.74) is 1.25. The van der Waals surface area contributed by atoms with Gasteiger partial charge in [0, 0.05) is 17.2 Å². The molecule has 1 aliphatic rings. The minimum Gasteiger partial charge on any atom is -0.326 e. The molecular weight excluding hydrogens is 323 g/mol. The first-order valence-electron chi connectivity index (χ1n) is 7.65. The van der Waals surface area contributed by atoms with E-state index >= 15 is 0 Å². The Hall–Kier alpha value is -2.45. The predicted molar refractivity (Wildman–Crippen MR) is 79.7 cm³/mol. The van der Waals surface area contributed by atoms with E-state index in [0.717, 1.165) is 5.56 Å². The molecule has 0 radical (unpaired) electrons. The third kappa shape index (κ3) is 3.72. The second-order valence-electron chi connectivity index (χ2n) is 5.90. The molecule has 0 aliphatic heterocycles. The third-order valence-electron chi connectivity index (χ3n) is 4.26. The van der Waals surface area contributed by atoms with Crippen LogP contribution in [0.1, 0.15) is 25.7 Å². The van der Waals surface area contributed by atoms with Crippen molar-refractivity contribution in [3.8, 4) is 11.4 Å². The largest absolute Gasteiger partial charge is 0.391 e. The molecule has 1 aromatic carbocycles. The minimum atomic E-state index is -4.23. The van der Waals surface area contributed by atoms with Gasteiger partial charge in [-0.05, 0) is 48.7 Å². The average molecular weight is 339 g/mol. The number of carbonyl (C=O) groups excluding carboxylic acids is 1. The van der Waals surface area contributed by atoms with E-state index in [1.54, 1.807) is 24.3 Å². The van der Waals surface area contributed by atoms with Gasteiger partial charge in [-0.15, -0.1) is 10.2 Å². The van der Waals surface area contributed by atoms with Gasteiger partial charge in [-0.25, -0.2) is 0 Å². The number of benzene rings is 1. The Balaban J connectivity index is 1.62. The lowest BCUT2D eigenvalue weighted by Crippen LogP contribution is -2.34. The van der Waals surface area contributed by atoms with Crippen molar-refractivity contribution in [2.24, 2.45) is 11.8 Å². The fraction of sp³-hybridized carbons (Fsp3) is 0.467. The molecule has 0 spiro atoms. The summed E-state index contributed by atoms with van der Waals surface area (Å²) < 4.78 is 38.5. The first kappa shape index (κ1) is 16.4. The van der Waals surface area contributed by atoms with E-state index in [2.05, 4.69) is 25.9 Å². The molecule has 0 bridgehead atoms. The number of H-pyrrole nitrogens is 1. The Bertz CT molecular complexity index is 684. The van der Waals surface area contributed by atoms with Crippen molar-refractivity contribution in [2.45, 2.75) is 31.9 Å². The lowest BCUT2D eigenvalue weighted by Gasteiger charge is -2.29. The summed E-state index contributed by atoms with van der Waals surface area (Å²) in [5.74, 6) is -1.94. The van der Waals surface area contributed by atoms with E-state index in [9.17, 15) is 18.0 Å². The van der Waals surface area contributed by atoms with Crippen molar-refractivity contribution < 1.29 is 18.0 Å². The number of aromatic nitrogens is 4. The molecule has 2 aromatic rings. The summed E-state index contributed by atoms with van der Waals surface area (Å²) >= 11 is 0. The summed E-state index contributed by atoms with van der Waals surface area (Å²) in [5, 5.41) is 16.2. The highest BCUT2D eigenvalue weighted by Crippen LogP contribution is 2.40. The van der Waals surface area contributed by atoms with Crippen LogP contribution in [0.5, 0.6) is 0 Å². The van der Waals surface area contributed by atoms with Crippen LogP contribution in [0.15, 0.2) is 24.3 Å². The van der Waals surface area contributed by atoms with Gasteiger partial charge in [-0.2, -0.15) is 18.4 Å². The number of carbonyl (C=O) groups is 1. The van der Waals surface area contributed by atoms with Gasteiger partial charge in [-0.1, -0.05) is 6.42 Å². The quantitative estimate of drug-likeness (QED) is 0.900. The molecular formula is C15H16F3N5O. The van der Waals surface area contributed by atoms with Crippen LogP contribution in [0.25, 0.3) is 11.4 Å². The van der Waals surface area contributed by atoms with Crippen molar-refractivity contribution in [3.05, 3.63) is 24.3 Å². The number of hydrogen-bond donors (Lipinski definition) is 2. The van der Waals surface area contributed by atoms with Gasteiger partial charge in [0.15, 0.2) is 0 Å². The van der Waals surface area contributed by atoms with Gasteiger partial charge in [-0.3, -0.25) is 4.79 Å². The summed E-state index contributed by atoms with van der Waals surface area (Å²) in [6.07, 6.45) is -3.37. The molecule has 1 amide bonds. The van der Waals surface area contributed by atoms with Crippen LogP contribution in [0.3, 0.4) is 0 Å². The van der Waals surface area contributed by atoms with Crippen LogP contribution in [-0.2, 0) is 4.79 Å². The maximum atomic E-state index is 12.8. The maximum absolute atomic E-state index is 12.8. The number of aromatic amines is 1. The lowest BCUT2D eigenvalue weighted by molar-refractivity contribution is -0.185. The van der Waals surface area contributed by atoms with Crippen molar-refractivity contribution >= 4 is 11.6 Å². The van der Waals surface area contributed by atoms with Crippen LogP contribution in [0.4, 0.5) is 18.9 Å². The fourth-order valence-corrected chi connectivity index (χ4v) is 2.96. The van der Waals surface area contributed by atoms with E-state index in [4.69, 9.17) is 0 Å². The molecule has 1 aliphatic carbocycles. The molecule has 2 N–H and O–H groups in total. The number of tetrazole rings is 1.